The first-order valence-corrected chi connectivity index (χ1v) is 6.53. The van der Waals surface area contributed by atoms with Crippen molar-refractivity contribution in [2.24, 2.45) is 5.92 Å². The van der Waals surface area contributed by atoms with Crippen LogP contribution >= 0.6 is 0 Å². The second kappa shape index (κ2) is 6.88. The van der Waals surface area contributed by atoms with Gasteiger partial charge in [0.15, 0.2) is 0 Å². The summed E-state index contributed by atoms with van der Waals surface area (Å²) in [6.07, 6.45) is 0.00878. The molecule has 1 N–H and O–H groups in total. The molecule has 0 aliphatic heterocycles. The van der Waals surface area contributed by atoms with Gasteiger partial charge in [0, 0.05) is 30.9 Å². The van der Waals surface area contributed by atoms with Crippen LogP contribution in [0.15, 0.2) is 18.2 Å². The van der Waals surface area contributed by atoms with Crippen LogP contribution in [0.2, 0.25) is 0 Å². The van der Waals surface area contributed by atoms with Crippen LogP contribution in [0.25, 0.3) is 0 Å². The van der Waals surface area contributed by atoms with Crippen molar-refractivity contribution in [1.29, 1.82) is 0 Å². The molecule has 0 unspecified atom stereocenters. The van der Waals surface area contributed by atoms with Crippen molar-refractivity contribution in [3.8, 4) is 0 Å². The lowest BCUT2D eigenvalue weighted by molar-refractivity contribution is -0.384. The number of hydrogen-bond donors (Lipinski definition) is 1. The van der Waals surface area contributed by atoms with E-state index in [0.717, 1.165) is 11.3 Å². The maximum absolute atomic E-state index is 10.9. The molecule has 1 aromatic rings. The monoisotopic (exact) mass is 280 g/mol. The Bertz CT molecular complexity index is 500. The predicted molar refractivity (Wildman–Crippen MR) is 77.1 cm³/mol. The highest BCUT2D eigenvalue weighted by Crippen LogP contribution is 2.26. The van der Waals surface area contributed by atoms with Gasteiger partial charge in [0.2, 0.25) is 0 Å². The molecule has 6 nitrogen and oxygen atoms in total. The Morgan fingerprint density at radius 3 is 2.60 bits per heavy atom. The summed E-state index contributed by atoms with van der Waals surface area (Å²) >= 11 is 0. The smallest absolute Gasteiger partial charge is 0.305 e. The first-order valence-electron chi connectivity index (χ1n) is 6.53. The second-order valence-electron chi connectivity index (χ2n) is 5.21. The number of non-ortho nitro benzene ring substituents is 1. The van der Waals surface area contributed by atoms with Gasteiger partial charge in [0.1, 0.15) is 0 Å². The third-order valence-electron chi connectivity index (χ3n) is 2.93. The van der Waals surface area contributed by atoms with Crippen LogP contribution in [0.3, 0.4) is 0 Å². The highest BCUT2D eigenvalue weighted by atomic mass is 16.6. The number of anilines is 1. The number of carboxylic acids is 1. The molecule has 0 aliphatic carbocycles. The molecule has 0 amide bonds. The van der Waals surface area contributed by atoms with Crippen molar-refractivity contribution < 1.29 is 14.8 Å². The molecule has 1 aromatic carbocycles. The van der Waals surface area contributed by atoms with Crippen LogP contribution in [0.5, 0.6) is 0 Å². The Labute approximate surface area is 118 Å². The molecule has 1 rings (SSSR count). The quantitative estimate of drug-likeness (QED) is 0.613. The number of hydrogen-bond acceptors (Lipinski definition) is 4. The fourth-order valence-corrected chi connectivity index (χ4v) is 2.03. The van der Waals surface area contributed by atoms with Gasteiger partial charge in [-0.1, -0.05) is 19.9 Å². The standard InChI is InChI=1S/C14H20N2O4/c1-10(2)9-15(7-6-14(17)18)13-8-12(16(19)20)5-4-11(13)3/h4-5,8,10H,6-7,9H2,1-3H3,(H,17,18). The summed E-state index contributed by atoms with van der Waals surface area (Å²) in [5.74, 6) is -0.538. The molecule has 0 aromatic heterocycles. The SMILES string of the molecule is Cc1ccc([N+](=O)[O-])cc1N(CCC(=O)O)CC(C)C. The van der Waals surface area contributed by atoms with Crippen molar-refractivity contribution in [1.82, 2.24) is 0 Å². The lowest BCUT2D eigenvalue weighted by atomic mass is 10.1. The number of nitro benzene ring substituents is 1. The minimum absolute atomic E-state index is 0.00878. The van der Waals surface area contributed by atoms with Crippen molar-refractivity contribution >= 4 is 17.3 Å². The number of aliphatic carboxylic acids is 1. The number of carbonyl (C=O) groups is 1. The topological polar surface area (TPSA) is 83.7 Å². The molecule has 0 saturated carbocycles. The fraction of sp³-hybridized carbons (Fsp3) is 0.500. The van der Waals surface area contributed by atoms with Gasteiger partial charge >= 0.3 is 5.97 Å². The molecule has 0 spiro atoms. The van der Waals surface area contributed by atoms with Gasteiger partial charge in [-0.05, 0) is 18.4 Å². The zero-order valence-electron chi connectivity index (χ0n) is 12.0. The largest absolute Gasteiger partial charge is 0.481 e. The Balaban J connectivity index is 3.07. The number of nitro groups is 1. The Morgan fingerprint density at radius 2 is 2.10 bits per heavy atom. The summed E-state index contributed by atoms with van der Waals surface area (Å²) in [5, 5.41) is 19.7. The number of aryl methyl sites for hydroxylation is 1. The average Bonchev–Trinajstić information content (AvgIpc) is 2.34. The predicted octanol–water partition coefficient (Wildman–Crippen LogP) is 2.84. The van der Waals surface area contributed by atoms with E-state index in [1.54, 1.807) is 6.07 Å². The van der Waals surface area contributed by atoms with Crippen molar-refractivity contribution in [3.63, 3.8) is 0 Å². The van der Waals surface area contributed by atoms with E-state index in [4.69, 9.17) is 5.11 Å². The van der Waals surface area contributed by atoms with E-state index in [2.05, 4.69) is 0 Å². The third kappa shape index (κ3) is 4.53. The third-order valence-corrected chi connectivity index (χ3v) is 2.93. The number of benzene rings is 1. The molecular weight excluding hydrogens is 260 g/mol. The van der Waals surface area contributed by atoms with Crippen LogP contribution < -0.4 is 4.90 Å². The lowest BCUT2D eigenvalue weighted by Gasteiger charge is -2.27. The molecule has 20 heavy (non-hydrogen) atoms. The van der Waals surface area contributed by atoms with Crippen molar-refractivity contribution in [3.05, 3.63) is 33.9 Å². The van der Waals surface area contributed by atoms with Crippen LogP contribution in [-0.2, 0) is 4.79 Å². The van der Waals surface area contributed by atoms with Crippen LogP contribution in [0, 0.1) is 23.0 Å². The molecule has 0 heterocycles. The number of nitrogens with zero attached hydrogens (tertiary/aromatic N) is 2. The number of carboxylic acid groups (broad SMARTS) is 1. The first-order chi connectivity index (χ1) is 9.31. The van der Waals surface area contributed by atoms with Crippen LogP contribution in [0.1, 0.15) is 25.8 Å². The molecule has 110 valence electrons. The van der Waals surface area contributed by atoms with Crippen molar-refractivity contribution in [2.45, 2.75) is 27.2 Å². The fourth-order valence-electron chi connectivity index (χ4n) is 2.03. The van der Waals surface area contributed by atoms with E-state index >= 15 is 0 Å². The van der Waals surface area contributed by atoms with E-state index in [9.17, 15) is 14.9 Å². The second-order valence-corrected chi connectivity index (χ2v) is 5.21. The van der Waals surface area contributed by atoms with E-state index < -0.39 is 10.9 Å². The molecule has 0 radical (unpaired) electrons. The van der Waals surface area contributed by atoms with Gasteiger partial charge in [-0.2, -0.15) is 0 Å². The van der Waals surface area contributed by atoms with E-state index in [1.165, 1.54) is 12.1 Å². The summed E-state index contributed by atoms with van der Waals surface area (Å²) in [6, 6.07) is 4.67. The van der Waals surface area contributed by atoms with Crippen LogP contribution in [0.4, 0.5) is 11.4 Å². The molecule has 0 aliphatic rings. The highest BCUT2D eigenvalue weighted by Gasteiger charge is 2.16. The average molecular weight is 280 g/mol. The summed E-state index contributed by atoms with van der Waals surface area (Å²) in [6.45, 7) is 6.93. The summed E-state index contributed by atoms with van der Waals surface area (Å²) in [5.41, 5.74) is 1.66. The molecular formula is C14H20N2O4. The minimum Gasteiger partial charge on any atom is -0.481 e. The maximum Gasteiger partial charge on any atom is 0.305 e. The van der Waals surface area contributed by atoms with E-state index in [0.29, 0.717) is 19.0 Å². The van der Waals surface area contributed by atoms with Crippen LogP contribution in [-0.4, -0.2) is 29.1 Å². The highest BCUT2D eigenvalue weighted by molar-refractivity contribution is 5.68. The molecule has 0 bridgehead atoms. The molecule has 0 atom stereocenters. The minimum atomic E-state index is -0.873. The maximum atomic E-state index is 10.9. The summed E-state index contributed by atoms with van der Waals surface area (Å²) < 4.78 is 0. The lowest BCUT2D eigenvalue weighted by Crippen LogP contribution is -2.30. The first kappa shape index (κ1) is 15.9. The Kier molecular flexibility index (Phi) is 5.49. The number of rotatable bonds is 7. The summed E-state index contributed by atoms with van der Waals surface area (Å²) in [4.78, 5) is 23.1. The van der Waals surface area contributed by atoms with E-state index in [-0.39, 0.29) is 12.1 Å². The van der Waals surface area contributed by atoms with Gasteiger partial charge in [0.05, 0.1) is 11.3 Å². The van der Waals surface area contributed by atoms with Gasteiger partial charge in [0.25, 0.3) is 5.69 Å². The zero-order chi connectivity index (χ0) is 15.3. The zero-order valence-corrected chi connectivity index (χ0v) is 12.0. The van der Waals surface area contributed by atoms with Crippen molar-refractivity contribution in [2.75, 3.05) is 18.0 Å². The normalized spacial score (nSPS) is 10.6. The van der Waals surface area contributed by atoms with Gasteiger partial charge in [-0.3, -0.25) is 14.9 Å². The molecule has 0 saturated heterocycles. The Morgan fingerprint density at radius 1 is 1.45 bits per heavy atom. The van der Waals surface area contributed by atoms with Gasteiger partial charge in [-0.15, -0.1) is 0 Å². The van der Waals surface area contributed by atoms with Gasteiger partial charge in [-0.25, -0.2) is 0 Å². The van der Waals surface area contributed by atoms with E-state index in [1.807, 2.05) is 25.7 Å². The van der Waals surface area contributed by atoms with Gasteiger partial charge < -0.3 is 10.0 Å². The Hall–Kier alpha value is -2.11. The molecule has 0 fully saturated rings. The molecule has 6 heteroatoms. The summed E-state index contributed by atoms with van der Waals surface area (Å²) in [7, 11) is 0.